The third kappa shape index (κ3) is 2.82. The summed E-state index contributed by atoms with van der Waals surface area (Å²) in [5.74, 6) is 0.270. The first-order chi connectivity index (χ1) is 6.69. The molecule has 0 aliphatic heterocycles. The van der Waals surface area contributed by atoms with Gasteiger partial charge in [0.1, 0.15) is 0 Å². The third-order valence-electron chi connectivity index (χ3n) is 3.08. The minimum atomic E-state index is -0.345. The summed E-state index contributed by atoms with van der Waals surface area (Å²) in [5, 5.41) is 19.5. The molecular weight excluding hydrogens is 176 g/mol. The predicted molar refractivity (Wildman–Crippen MR) is 58.0 cm³/mol. The molecule has 14 heavy (non-hydrogen) atoms. The summed E-state index contributed by atoms with van der Waals surface area (Å²) in [6, 6.07) is 0. The zero-order valence-corrected chi connectivity index (χ0v) is 9.24. The molecule has 0 radical (unpaired) electrons. The van der Waals surface area contributed by atoms with Crippen LogP contribution in [0.3, 0.4) is 0 Å². The van der Waals surface area contributed by atoms with Crippen molar-refractivity contribution in [1.82, 2.24) is 0 Å². The van der Waals surface area contributed by atoms with Gasteiger partial charge in [-0.15, -0.1) is 0 Å². The lowest BCUT2D eigenvalue weighted by molar-refractivity contribution is 0.102. The molecule has 2 nitrogen and oxygen atoms in total. The molecule has 82 valence electrons. The molecule has 0 aromatic heterocycles. The number of aliphatic hydroxyl groups is 2. The Hall–Kier alpha value is -0.340. The fraction of sp³-hybridized carbons (Fsp3) is 0.833. The summed E-state index contributed by atoms with van der Waals surface area (Å²) in [7, 11) is 0. The molecule has 2 N–H and O–H groups in total. The van der Waals surface area contributed by atoms with Gasteiger partial charge in [0.2, 0.25) is 0 Å². The van der Waals surface area contributed by atoms with Gasteiger partial charge in [-0.3, -0.25) is 0 Å². The molecule has 0 saturated carbocycles. The molecule has 0 heterocycles. The van der Waals surface area contributed by atoms with Crippen molar-refractivity contribution in [3.8, 4) is 0 Å². The van der Waals surface area contributed by atoms with Crippen LogP contribution in [0.1, 0.15) is 46.0 Å². The second kappa shape index (κ2) is 5.52. The fourth-order valence-electron chi connectivity index (χ4n) is 2.34. The number of hydrogen-bond acceptors (Lipinski definition) is 2. The van der Waals surface area contributed by atoms with Gasteiger partial charge < -0.3 is 10.2 Å². The Morgan fingerprint density at radius 1 is 1.29 bits per heavy atom. The molecule has 0 aromatic rings. The van der Waals surface area contributed by atoms with E-state index in [-0.39, 0.29) is 18.1 Å². The first-order valence-electron chi connectivity index (χ1n) is 5.75. The smallest absolute Gasteiger partial charge is 0.0724 e. The largest absolute Gasteiger partial charge is 0.393 e. The quantitative estimate of drug-likeness (QED) is 0.683. The molecule has 0 bridgehead atoms. The maximum atomic E-state index is 9.91. The Balaban J connectivity index is 2.78. The summed E-state index contributed by atoms with van der Waals surface area (Å²) in [4.78, 5) is 0. The van der Waals surface area contributed by atoms with Crippen LogP contribution >= 0.6 is 0 Å². The molecule has 1 aliphatic carbocycles. The zero-order chi connectivity index (χ0) is 10.6. The maximum Gasteiger partial charge on any atom is 0.0724 e. The second-order valence-corrected chi connectivity index (χ2v) is 4.22. The molecular formula is C12H22O2. The van der Waals surface area contributed by atoms with Gasteiger partial charge in [-0.05, 0) is 25.7 Å². The molecule has 3 atom stereocenters. The van der Waals surface area contributed by atoms with Gasteiger partial charge in [0.05, 0.1) is 12.2 Å². The Morgan fingerprint density at radius 2 is 2.00 bits per heavy atom. The topological polar surface area (TPSA) is 40.5 Å². The maximum absolute atomic E-state index is 9.91. The van der Waals surface area contributed by atoms with Crippen molar-refractivity contribution in [3.05, 3.63) is 11.6 Å². The van der Waals surface area contributed by atoms with E-state index in [1.54, 1.807) is 0 Å². The van der Waals surface area contributed by atoms with Crippen LogP contribution in [-0.2, 0) is 0 Å². The highest BCUT2D eigenvalue weighted by Gasteiger charge is 2.25. The molecule has 0 saturated heterocycles. The molecule has 1 aliphatic rings. The van der Waals surface area contributed by atoms with Crippen LogP contribution < -0.4 is 0 Å². The van der Waals surface area contributed by atoms with Crippen LogP contribution in [0.25, 0.3) is 0 Å². The standard InChI is InChI=1S/C12H22O2/c1-3-5-9-8-10(13)6-7-12(14)11(9)4-2/h8,10-14H,3-7H2,1-2H3/t10-,11?,12-/m1/s1. The van der Waals surface area contributed by atoms with E-state index in [2.05, 4.69) is 13.8 Å². The first-order valence-corrected chi connectivity index (χ1v) is 5.75. The Kier molecular flexibility index (Phi) is 4.63. The van der Waals surface area contributed by atoms with Gasteiger partial charge >= 0.3 is 0 Å². The van der Waals surface area contributed by atoms with Gasteiger partial charge in [-0.1, -0.05) is 31.9 Å². The minimum absolute atomic E-state index is 0.255. The van der Waals surface area contributed by atoms with E-state index in [1.165, 1.54) is 5.57 Å². The highest BCUT2D eigenvalue weighted by molar-refractivity contribution is 5.13. The van der Waals surface area contributed by atoms with Gasteiger partial charge in [0.25, 0.3) is 0 Å². The average molecular weight is 198 g/mol. The third-order valence-corrected chi connectivity index (χ3v) is 3.08. The SMILES string of the molecule is CCCC1=C[C@H](O)CC[C@@H](O)C1CC. The van der Waals surface area contributed by atoms with Crippen molar-refractivity contribution < 1.29 is 10.2 Å². The molecule has 1 rings (SSSR count). The summed E-state index contributed by atoms with van der Waals surface area (Å²) >= 11 is 0. The lowest BCUT2D eigenvalue weighted by atomic mass is 9.88. The average Bonchev–Trinajstić information content (AvgIpc) is 2.27. The Morgan fingerprint density at radius 3 is 2.57 bits per heavy atom. The van der Waals surface area contributed by atoms with Crippen molar-refractivity contribution in [3.63, 3.8) is 0 Å². The molecule has 0 spiro atoms. The predicted octanol–water partition coefficient (Wildman–Crippen LogP) is 2.25. The number of hydrogen-bond donors (Lipinski definition) is 2. The summed E-state index contributed by atoms with van der Waals surface area (Å²) in [6.07, 6.45) is 5.86. The fourth-order valence-corrected chi connectivity index (χ4v) is 2.34. The molecule has 1 unspecified atom stereocenters. The molecule has 0 fully saturated rings. The van der Waals surface area contributed by atoms with E-state index in [0.717, 1.165) is 25.7 Å². The van der Waals surface area contributed by atoms with Gasteiger partial charge in [0.15, 0.2) is 0 Å². The lowest BCUT2D eigenvalue weighted by Gasteiger charge is -2.22. The highest BCUT2D eigenvalue weighted by atomic mass is 16.3. The Bertz CT molecular complexity index is 198. The minimum Gasteiger partial charge on any atom is -0.393 e. The second-order valence-electron chi connectivity index (χ2n) is 4.22. The normalized spacial score (nSPS) is 33.7. The molecule has 2 heteroatoms. The van der Waals surface area contributed by atoms with Gasteiger partial charge in [-0.2, -0.15) is 0 Å². The summed E-state index contributed by atoms with van der Waals surface area (Å²) in [6.45, 7) is 4.24. The summed E-state index contributed by atoms with van der Waals surface area (Å²) in [5.41, 5.74) is 1.26. The lowest BCUT2D eigenvalue weighted by Crippen LogP contribution is -2.20. The van der Waals surface area contributed by atoms with Crippen LogP contribution in [0.15, 0.2) is 11.6 Å². The van der Waals surface area contributed by atoms with Crippen LogP contribution in [-0.4, -0.2) is 22.4 Å². The van der Waals surface area contributed by atoms with E-state index < -0.39 is 0 Å². The summed E-state index contributed by atoms with van der Waals surface area (Å²) < 4.78 is 0. The van der Waals surface area contributed by atoms with E-state index >= 15 is 0 Å². The monoisotopic (exact) mass is 198 g/mol. The van der Waals surface area contributed by atoms with Crippen molar-refractivity contribution in [1.29, 1.82) is 0 Å². The first kappa shape index (κ1) is 11.7. The van der Waals surface area contributed by atoms with Crippen LogP contribution in [0.4, 0.5) is 0 Å². The number of aliphatic hydroxyl groups excluding tert-OH is 2. The zero-order valence-electron chi connectivity index (χ0n) is 9.24. The number of rotatable bonds is 3. The van der Waals surface area contributed by atoms with Crippen LogP contribution in [0, 0.1) is 5.92 Å². The van der Waals surface area contributed by atoms with Gasteiger partial charge in [-0.25, -0.2) is 0 Å². The van der Waals surface area contributed by atoms with Crippen molar-refractivity contribution in [2.45, 2.75) is 58.2 Å². The highest BCUT2D eigenvalue weighted by Crippen LogP contribution is 2.29. The molecule has 0 aromatic carbocycles. The van der Waals surface area contributed by atoms with Crippen LogP contribution in [0.5, 0.6) is 0 Å². The van der Waals surface area contributed by atoms with Crippen molar-refractivity contribution in [2.75, 3.05) is 0 Å². The van der Waals surface area contributed by atoms with E-state index in [0.29, 0.717) is 6.42 Å². The van der Waals surface area contributed by atoms with E-state index in [9.17, 15) is 10.2 Å². The van der Waals surface area contributed by atoms with Gasteiger partial charge in [0, 0.05) is 5.92 Å². The Labute approximate surface area is 86.6 Å². The van der Waals surface area contributed by atoms with Crippen LogP contribution in [0.2, 0.25) is 0 Å². The van der Waals surface area contributed by atoms with E-state index in [1.807, 2.05) is 6.08 Å². The van der Waals surface area contributed by atoms with Crippen molar-refractivity contribution >= 4 is 0 Å². The van der Waals surface area contributed by atoms with Crippen molar-refractivity contribution in [2.24, 2.45) is 5.92 Å². The van der Waals surface area contributed by atoms with E-state index in [4.69, 9.17) is 0 Å². The molecule has 0 amide bonds.